The van der Waals surface area contributed by atoms with Crippen molar-refractivity contribution in [2.75, 3.05) is 6.61 Å². The van der Waals surface area contributed by atoms with Crippen LogP contribution in [0.15, 0.2) is 64.5 Å². The van der Waals surface area contributed by atoms with Crippen molar-refractivity contribution >= 4 is 40.6 Å². The van der Waals surface area contributed by atoms with Crippen LogP contribution in [-0.2, 0) is 9.53 Å². The largest absolute Gasteiger partial charge is 0.462 e. The van der Waals surface area contributed by atoms with Crippen LogP contribution in [0.4, 0.5) is 5.69 Å². The monoisotopic (exact) mass is 352 g/mol. The van der Waals surface area contributed by atoms with Crippen LogP contribution in [0.3, 0.4) is 0 Å². The van der Waals surface area contributed by atoms with E-state index in [1.807, 2.05) is 36.4 Å². The highest BCUT2D eigenvalue weighted by molar-refractivity contribution is 8.18. The highest BCUT2D eigenvalue weighted by Crippen LogP contribution is 2.28. The summed E-state index contributed by atoms with van der Waals surface area (Å²) in [6.45, 7) is 2.10. The SMILES string of the molecule is CCOC(=O)c1ccc(N=C2NC(=O)/C(=C/c3ccccc3)S2)cc1. The minimum atomic E-state index is -0.363. The molecule has 1 fully saturated rings. The van der Waals surface area contributed by atoms with E-state index in [0.717, 1.165) is 5.56 Å². The zero-order valence-corrected chi connectivity index (χ0v) is 14.4. The van der Waals surface area contributed by atoms with Gasteiger partial charge in [-0.05, 0) is 54.6 Å². The third kappa shape index (κ3) is 4.36. The number of rotatable bonds is 4. The summed E-state index contributed by atoms with van der Waals surface area (Å²) in [5.74, 6) is -0.533. The van der Waals surface area contributed by atoms with Crippen molar-refractivity contribution in [3.63, 3.8) is 0 Å². The van der Waals surface area contributed by atoms with Gasteiger partial charge in [-0.3, -0.25) is 4.79 Å². The van der Waals surface area contributed by atoms with Crippen LogP contribution in [-0.4, -0.2) is 23.7 Å². The molecule has 5 nitrogen and oxygen atoms in total. The molecule has 126 valence electrons. The molecule has 0 radical (unpaired) electrons. The fraction of sp³-hybridized carbons (Fsp3) is 0.105. The predicted octanol–water partition coefficient (Wildman–Crippen LogP) is 3.75. The number of hydrogen-bond donors (Lipinski definition) is 1. The number of benzene rings is 2. The topological polar surface area (TPSA) is 67.8 Å². The van der Waals surface area contributed by atoms with Crippen LogP contribution < -0.4 is 5.32 Å². The number of hydrogen-bond acceptors (Lipinski definition) is 5. The quantitative estimate of drug-likeness (QED) is 0.672. The fourth-order valence-corrected chi connectivity index (χ4v) is 3.03. The van der Waals surface area contributed by atoms with E-state index >= 15 is 0 Å². The number of amides is 1. The summed E-state index contributed by atoms with van der Waals surface area (Å²) >= 11 is 1.29. The molecule has 2 aromatic carbocycles. The van der Waals surface area contributed by atoms with Crippen LogP contribution >= 0.6 is 11.8 Å². The van der Waals surface area contributed by atoms with Crippen LogP contribution in [0.5, 0.6) is 0 Å². The smallest absolute Gasteiger partial charge is 0.338 e. The van der Waals surface area contributed by atoms with E-state index in [0.29, 0.717) is 27.9 Å². The van der Waals surface area contributed by atoms with Crippen molar-refractivity contribution < 1.29 is 14.3 Å². The van der Waals surface area contributed by atoms with Gasteiger partial charge in [0, 0.05) is 0 Å². The third-order valence-corrected chi connectivity index (χ3v) is 4.27. The molecule has 0 saturated carbocycles. The van der Waals surface area contributed by atoms with Gasteiger partial charge in [0.2, 0.25) is 0 Å². The lowest BCUT2D eigenvalue weighted by Gasteiger charge is -2.02. The van der Waals surface area contributed by atoms with Gasteiger partial charge in [0.1, 0.15) is 0 Å². The highest BCUT2D eigenvalue weighted by atomic mass is 32.2. The third-order valence-electron chi connectivity index (χ3n) is 3.36. The Balaban J connectivity index is 1.73. The van der Waals surface area contributed by atoms with E-state index in [9.17, 15) is 9.59 Å². The van der Waals surface area contributed by atoms with Crippen molar-refractivity contribution in [3.8, 4) is 0 Å². The molecule has 1 heterocycles. The predicted molar refractivity (Wildman–Crippen MR) is 99.6 cm³/mol. The van der Waals surface area contributed by atoms with Crippen molar-refractivity contribution in [1.29, 1.82) is 0 Å². The Morgan fingerprint density at radius 2 is 1.88 bits per heavy atom. The summed E-state index contributed by atoms with van der Waals surface area (Å²) in [7, 11) is 0. The first kappa shape index (κ1) is 17.0. The molecule has 6 heteroatoms. The minimum Gasteiger partial charge on any atom is -0.462 e. The number of amidine groups is 1. The summed E-state index contributed by atoms with van der Waals surface area (Å²) in [4.78, 5) is 28.7. The molecular weight excluding hydrogens is 336 g/mol. The number of nitrogens with one attached hydrogen (secondary N) is 1. The lowest BCUT2D eigenvalue weighted by atomic mass is 10.2. The Kier molecular flexibility index (Phi) is 5.30. The van der Waals surface area contributed by atoms with Crippen LogP contribution in [0.25, 0.3) is 6.08 Å². The van der Waals surface area contributed by atoms with Crippen LogP contribution in [0.1, 0.15) is 22.8 Å². The molecule has 25 heavy (non-hydrogen) atoms. The molecule has 3 rings (SSSR count). The zero-order chi connectivity index (χ0) is 17.6. The van der Waals surface area contributed by atoms with Gasteiger partial charge < -0.3 is 10.1 Å². The lowest BCUT2D eigenvalue weighted by Crippen LogP contribution is -2.19. The van der Waals surface area contributed by atoms with Crippen LogP contribution in [0, 0.1) is 0 Å². The van der Waals surface area contributed by atoms with E-state index in [4.69, 9.17) is 4.74 Å². The summed E-state index contributed by atoms with van der Waals surface area (Å²) in [5.41, 5.74) is 2.08. The molecule has 1 saturated heterocycles. The fourth-order valence-electron chi connectivity index (χ4n) is 2.18. The number of aliphatic imine (C=N–C) groups is 1. The van der Waals surface area contributed by atoms with E-state index < -0.39 is 0 Å². The maximum atomic E-state index is 12.1. The van der Waals surface area contributed by atoms with Crippen molar-refractivity contribution in [3.05, 3.63) is 70.6 Å². The Bertz CT molecular complexity index is 843. The number of thioether (sulfide) groups is 1. The number of carbonyl (C=O) groups is 2. The summed E-state index contributed by atoms with van der Waals surface area (Å²) < 4.78 is 4.94. The summed E-state index contributed by atoms with van der Waals surface area (Å²) in [5, 5.41) is 3.25. The second-order valence-corrected chi connectivity index (χ2v) is 6.19. The molecular formula is C19H16N2O3S. The maximum absolute atomic E-state index is 12.1. The highest BCUT2D eigenvalue weighted by Gasteiger charge is 2.23. The summed E-state index contributed by atoms with van der Waals surface area (Å²) in [6.07, 6.45) is 1.83. The molecule has 1 aliphatic rings. The average Bonchev–Trinajstić information content (AvgIpc) is 2.96. The zero-order valence-electron chi connectivity index (χ0n) is 13.6. The molecule has 1 aliphatic heterocycles. The van der Waals surface area contributed by atoms with Gasteiger partial charge in [0.05, 0.1) is 22.8 Å². The molecule has 0 unspecified atom stereocenters. The molecule has 0 aliphatic carbocycles. The number of carbonyl (C=O) groups excluding carboxylic acids is 2. The van der Waals surface area contributed by atoms with Crippen molar-refractivity contribution in [2.45, 2.75) is 6.92 Å². The molecule has 2 aromatic rings. The minimum absolute atomic E-state index is 0.171. The second-order valence-electron chi connectivity index (χ2n) is 5.16. The molecule has 0 aromatic heterocycles. The van der Waals surface area contributed by atoms with Gasteiger partial charge in [-0.25, -0.2) is 9.79 Å². The first-order chi connectivity index (χ1) is 12.2. The molecule has 0 bridgehead atoms. The molecule has 1 amide bonds. The number of esters is 1. The van der Waals surface area contributed by atoms with Gasteiger partial charge >= 0.3 is 5.97 Å². The van der Waals surface area contributed by atoms with Crippen molar-refractivity contribution in [2.24, 2.45) is 4.99 Å². The Hall–Kier alpha value is -2.86. The van der Waals surface area contributed by atoms with Gasteiger partial charge in [-0.2, -0.15) is 0 Å². The van der Waals surface area contributed by atoms with Gasteiger partial charge in [-0.15, -0.1) is 0 Å². The van der Waals surface area contributed by atoms with E-state index in [-0.39, 0.29) is 11.9 Å². The number of nitrogens with zero attached hydrogens (tertiary/aromatic N) is 1. The number of ether oxygens (including phenoxy) is 1. The first-order valence-corrected chi connectivity index (χ1v) is 8.59. The van der Waals surface area contributed by atoms with Gasteiger partial charge in [0.25, 0.3) is 5.91 Å². The Labute approximate surface area is 149 Å². The van der Waals surface area contributed by atoms with E-state index in [1.165, 1.54) is 11.8 Å². The molecule has 0 atom stereocenters. The normalized spacial score (nSPS) is 16.9. The molecule has 1 N–H and O–H groups in total. The first-order valence-electron chi connectivity index (χ1n) is 7.77. The Morgan fingerprint density at radius 1 is 1.16 bits per heavy atom. The second kappa shape index (κ2) is 7.81. The molecule has 0 spiro atoms. The lowest BCUT2D eigenvalue weighted by molar-refractivity contribution is -0.115. The maximum Gasteiger partial charge on any atom is 0.338 e. The summed E-state index contributed by atoms with van der Waals surface area (Å²) in [6, 6.07) is 16.4. The van der Waals surface area contributed by atoms with Crippen molar-refractivity contribution in [1.82, 2.24) is 5.32 Å². The van der Waals surface area contributed by atoms with Gasteiger partial charge in [-0.1, -0.05) is 30.3 Å². The average molecular weight is 352 g/mol. The van der Waals surface area contributed by atoms with E-state index in [1.54, 1.807) is 31.2 Å². The standard InChI is InChI=1S/C19H16N2O3S/c1-2-24-18(23)14-8-10-15(11-9-14)20-19-21-17(22)16(25-19)12-13-6-4-3-5-7-13/h3-12H,2H2,1H3,(H,20,21,22)/b16-12-. The Morgan fingerprint density at radius 3 is 2.56 bits per heavy atom. The van der Waals surface area contributed by atoms with Gasteiger partial charge in [0.15, 0.2) is 5.17 Å². The van der Waals surface area contributed by atoms with Crippen LogP contribution in [0.2, 0.25) is 0 Å². The van der Waals surface area contributed by atoms with E-state index in [2.05, 4.69) is 10.3 Å².